The van der Waals surface area contributed by atoms with Crippen LogP contribution in [0.15, 0.2) is 23.3 Å². The van der Waals surface area contributed by atoms with Gasteiger partial charge in [0.2, 0.25) is 0 Å². The van der Waals surface area contributed by atoms with Gasteiger partial charge in [0.05, 0.1) is 18.4 Å². The molecule has 13 heavy (non-hydrogen) atoms. The van der Waals surface area contributed by atoms with Crippen LogP contribution in [0.1, 0.15) is 16.1 Å². The number of ether oxygens (including phenoxy) is 1. The SMILES string of the molecule is C=Cc1ncc(Br)cc1C(=O)OC. The Morgan fingerprint density at radius 2 is 2.46 bits per heavy atom. The summed E-state index contributed by atoms with van der Waals surface area (Å²) in [6.07, 6.45) is 3.11. The number of esters is 1. The third-order valence-electron chi connectivity index (χ3n) is 1.48. The van der Waals surface area contributed by atoms with Crippen molar-refractivity contribution in [1.29, 1.82) is 0 Å². The van der Waals surface area contributed by atoms with Gasteiger partial charge in [-0.3, -0.25) is 4.98 Å². The van der Waals surface area contributed by atoms with Crippen LogP contribution < -0.4 is 0 Å². The molecular formula is C9H8BrNO2. The van der Waals surface area contributed by atoms with E-state index in [4.69, 9.17) is 0 Å². The second-order valence-electron chi connectivity index (χ2n) is 2.28. The van der Waals surface area contributed by atoms with E-state index in [-0.39, 0.29) is 0 Å². The lowest BCUT2D eigenvalue weighted by Gasteiger charge is -2.02. The Morgan fingerprint density at radius 3 is 3.00 bits per heavy atom. The number of rotatable bonds is 2. The van der Waals surface area contributed by atoms with Crippen LogP contribution in [0.4, 0.5) is 0 Å². The van der Waals surface area contributed by atoms with Gasteiger partial charge in [0.15, 0.2) is 0 Å². The van der Waals surface area contributed by atoms with E-state index in [2.05, 4.69) is 32.2 Å². The zero-order valence-corrected chi connectivity index (χ0v) is 8.67. The minimum Gasteiger partial charge on any atom is -0.465 e. The van der Waals surface area contributed by atoms with Crippen LogP contribution in [0, 0.1) is 0 Å². The summed E-state index contributed by atoms with van der Waals surface area (Å²) in [5.41, 5.74) is 0.932. The predicted molar refractivity (Wildman–Crippen MR) is 53.4 cm³/mol. The van der Waals surface area contributed by atoms with E-state index in [0.717, 1.165) is 4.47 Å². The van der Waals surface area contributed by atoms with Crippen molar-refractivity contribution >= 4 is 28.0 Å². The van der Waals surface area contributed by atoms with Crippen molar-refractivity contribution in [3.05, 3.63) is 34.6 Å². The van der Waals surface area contributed by atoms with E-state index in [9.17, 15) is 4.79 Å². The number of nitrogens with zero attached hydrogens (tertiary/aromatic N) is 1. The summed E-state index contributed by atoms with van der Waals surface area (Å²) >= 11 is 3.22. The number of halogens is 1. The molecule has 0 amide bonds. The number of methoxy groups -OCH3 is 1. The van der Waals surface area contributed by atoms with E-state index in [1.807, 2.05) is 0 Å². The van der Waals surface area contributed by atoms with E-state index < -0.39 is 5.97 Å². The molecule has 0 unspecified atom stereocenters. The van der Waals surface area contributed by atoms with Crippen LogP contribution in [0.2, 0.25) is 0 Å². The number of hydrogen-bond donors (Lipinski definition) is 0. The molecule has 0 aliphatic carbocycles. The number of carbonyl (C=O) groups excluding carboxylic acids is 1. The van der Waals surface area contributed by atoms with Crippen LogP contribution in [0.3, 0.4) is 0 Å². The maximum Gasteiger partial charge on any atom is 0.340 e. The number of carbonyl (C=O) groups is 1. The minimum absolute atomic E-state index is 0.409. The van der Waals surface area contributed by atoms with Gasteiger partial charge in [-0.15, -0.1) is 0 Å². The van der Waals surface area contributed by atoms with Gasteiger partial charge >= 0.3 is 5.97 Å². The van der Waals surface area contributed by atoms with Crippen molar-refractivity contribution < 1.29 is 9.53 Å². The largest absolute Gasteiger partial charge is 0.465 e. The van der Waals surface area contributed by atoms with Crippen molar-refractivity contribution in [3.8, 4) is 0 Å². The Hall–Kier alpha value is -1.16. The summed E-state index contributed by atoms with van der Waals surface area (Å²) in [4.78, 5) is 15.2. The van der Waals surface area contributed by atoms with E-state index >= 15 is 0 Å². The van der Waals surface area contributed by atoms with Crippen molar-refractivity contribution in [3.63, 3.8) is 0 Å². The summed E-state index contributed by atoms with van der Waals surface area (Å²) in [5, 5.41) is 0. The molecule has 0 N–H and O–H groups in total. The fourth-order valence-electron chi connectivity index (χ4n) is 0.886. The van der Waals surface area contributed by atoms with E-state index in [0.29, 0.717) is 11.3 Å². The van der Waals surface area contributed by atoms with E-state index in [1.54, 1.807) is 12.3 Å². The molecule has 0 saturated heterocycles. The Morgan fingerprint density at radius 1 is 1.77 bits per heavy atom. The van der Waals surface area contributed by atoms with Gasteiger partial charge in [-0.05, 0) is 28.1 Å². The Bertz CT molecular complexity index is 349. The normalized spacial score (nSPS) is 9.38. The molecule has 0 radical (unpaired) electrons. The third-order valence-corrected chi connectivity index (χ3v) is 1.92. The average Bonchev–Trinajstić information content (AvgIpc) is 2.16. The maximum atomic E-state index is 11.2. The summed E-state index contributed by atoms with van der Waals surface area (Å²) < 4.78 is 5.32. The zero-order chi connectivity index (χ0) is 9.84. The first-order valence-electron chi connectivity index (χ1n) is 3.55. The fraction of sp³-hybridized carbons (Fsp3) is 0.111. The lowest BCUT2D eigenvalue weighted by molar-refractivity contribution is 0.0600. The van der Waals surface area contributed by atoms with Gasteiger partial charge in [0, 0.05) is 10.7 Å². The van der Waals surface area contributed by atoms with Crippen molar-refractivity contribution in [1.82, 2.24) is 4.98 Å². The average molecular weight is 242 g/mol. The van der Waals surface area contributed by atoms with Gasteiger partial charge in [0.25, 0.3) is 0 Å². The Balaban J connectivity index is 3.23. The summed E-state index contributed by atoms with van der Waals surface area (Å²) in [6, 6.07) is 1.65. The molecule has 3 nitrogen and oxygen atoms in total. The summed E-state index contributed by atoms with van der Waals surface area (Å²) in [6.45, 7) is 3.55. The van der Waals surface area contributed by atoms with Gasteiger partial charge in [-0.2, -0.15) is 0 Å². The maximum absolute atomic E-state index is 11.2. The van der Waals surface area contributed by atoms with Crippen LogP contribution in [-0.4, -0.2) is 18.1 Å². The van der Waals surface area contributed by atoms with Gasteiger partial charge in [-0.25, -0.2) is 4.79 Å². The predicted octanol–water partition coefficient (Wildman–Crippen LogP) is 2.27. The molecule has 0 spiro atoms. The second-order valence-corrected chi connectivity index (χ2v) is 3.20. The summed E-state index contributed by atoms with van der Waals surface area (Å²) in [5.74, 6) is -0.413. The smallest absolute Gasteiger partial charge is 0.340 e. The first-order chi connectivity index (χ1) is 6.19. The van der Waals surface area contributed by atoms with Crippen LogP contribution in [-0.2, 0) is 4.74 Å². The van der Waals surface area contributed by atoms with Crippen molar-refractivity contribution in [2.75, 3.05) is 7.11 Å². The fourth-order valence-corrected chi connectivity index (χ4v) is 1.22. The highest BCUT2D eigenvalue weighted by Gasteiger charge is 2.10. The zero-order valence-electron chi connectivity index (χ0n) is 7.08. The highest BCUT2D eigenvalue weighted by Crippen LogP contribution is 2.15. The van der Waals surface area contributed by atoms with Crippen LogP contribution >= 0.6 is 15.9 Å². The highest BCUT2D eigenvalue weighted by atomic mass is 79.9. The number of aromatic nitrogens is 1. The minimum atomic E-state index is -0.413. The monoisotopic (exact) mass is 241 g/mol. The van der Waals surface area contributed by atoms with Crippen molar-refractivity contribution in [2.45, 2.75) is 0 Å². The molecule has 0 saturated carbocycles. The Labute approximate surface area is 84.6 Å². The van der Waals surface area contributed by atoms with E-state index in [1.165, 1.54) is 13.2 Å². The van der Waals surface area contributed by atoms with Gasteiger partial charge < -0.3 is 4.74 Å². The van der Waals surface area contributed by atoms with Crippen molar-refractivity contribution in [2.24, 2.45) is 0 Å². The number of hydrogen-bond acceptors (Lipinski definition) is 3. The van der Waals surface area contributed by atoms with Gasteiger partial charge in [0.1, 0.15) is 0 Å². The first kappa shape index (κ1) is 9.92. The van der Waals surface area contributed by atoms with Gasteiger partial charge in [-0.1, -0.05) is 6.58 Å². The molecular weight excluding hydrogens is 234 g/mol. The Kier molecular flexibility index (Phi) is 3.19. The standard InChI is InChI=1S/C9H8BrNO2/c1-3-8-7(9(12)13-2)4-6(10)5-11-8/h3-5H,1H2,2H3. The molecule has 0 bridgehead atoms. The molecule has 1 rings (SSSR count). The van der Waals surface area contributed by atoms with Crippen LogP contribution in [0.5, 0.6) is 0 Å². The molecule has 1 aromatic rings. The molecule has 1 aromatic heterocycles. The molecule has 1 heterocycles. The first-order valence-corrected chi connectivity index (χ1v) is 4.34. The summed E-state index contributed by atoms with van der Waals surface area (Å²) in [7, 11) is 1.33. The molecule has 0 atom stereocenters. The molecule has 0 aliphatic rings. The molecule has 0 aliphatic heterocycles. The number of pyridine rings is 1. The molecule has 4 heteroatoms. The third kappa shape index (κ3) is 2.15. The quantitative estimate of drug-likeness (QED) is 0.746. The highest BCUT2D eigenvalue weighted by molar-refractivity contribution is 9.10. The topological polar surface area (TPSA) is 39.2 Å². The lowest BCUT2D eigenvalue weighted by atomic mass is 10.2. The molecule has 0 aromatic carbocycles. The second kappa shape index (κ2) is 4.18. The lowest BCUT2D eigenvalue weighted by Crippen LogP contribution is -2.04. The molecule has 0 fully saturated rings. The molecule has 68 valence electrons. The van der Waals surface area contributed by atoms with Crippen LogP contribution in [0.25, 0.3) is 6.08 Å².